The number of amides is 2. The summed E-state index contributed by atoms with van der Waals surface area (Å²) in [5, 5.41) is 2.77. The van der Waals surface area contributed by atoms with Crippen molar-refractivity contribution in [3.8, 4) is 0 Å². The Morgan fingerprint density at radius 2 is 1.90 bits per heavy atom. The van der Waals surface area contributed by atoms with Gasteiger partial charge < -0.3 is 10.2 Å². The van der Waals surface area contributed by atoms with E-state index in [2.05, 4.69) is 39.9 Å². The maximum atomic E-state index is 12.4. The lowest BCUT2D eigenvalue weighted by Gasteiger charge is -2.39. The van der Waals surface area contributed by atoms with Gasteiger partial charge in [0.15, 0.2) is 0 Å². The molecule has 21 heavy (non-hydrogen) atoms. The summed E-state index contributed by atoms with van der Waals surface area (Å²) in [6.07, 6.45) is 4.09. The van der Waals surface area contributed by atoms with Crippen molar-refractivity contribution in [2.24, 2.45) is 16.7 Å². The molecule has 2 aliphatic rings. The Hall–Kier alpha value is -1.06. The van der Waals surface area contributed by atoms with Gasteiger partial charge in [-0.1, -0.05) is 34.6 Å². The second kappa shape index (κ2) is 5.62. The molecule has 1 saturated heterocycles. The minimum atomic E-state index is -0.426. The first-order valence-corrected chi connectivity index (χ1v) is 8.21. The Bertz CT molecular complexity index is 431. The number of hydrogen-bond donors (Lipinski definition) is 1. The molecule has 0 radical (unpaired) electrons. The first-order valence-electron chi connectivity index (χ1n) is 8.21. The molecule has 2 fully saturated rings. The maximum absolute atomic E-state index is 12.4. The van der Waals surface area contributed by atoms with Gasteiger partial charge in [-0.2, -0.15) is 0 Å². The third-order valence-electron chi connectivity index (χ3n) is 4.88. The molecule has 0 aromatic heterocycles. The smallest absolute Gasteiger partial charge is 0.312 e. The number of rotatable bonds is 3. The molecule has 1 aliphatic heterocycles. The number of likely N-dealkylation sites (tertiary alicyclic amines) is 1. The maximum Gasteiger partial charge on any atom is 0.312 e. The molecular weight excluding hydrogens is 264 g/mol. The Morgan fingerprint density at radius 3 is 2.52 bits per heavy atom. The van der Waals surface area contributed by atoms with Gasteiger partial charge >= 0.3 is 11.8 Å². The number of fused-ring (bicyclic) bond motifs is 2. The molecule has 0 aromatic carbocycles. The van der Waals surface area contributed by atoms with Crippen molar-refractivity contribution in [2.45, 2.75) is 66.3 Å². The molecule has 0 spiro atoms. The van der Waals surface area contributed by atoms with Crippen LogP contribution in [0.2, 0.25) is 0 Å². The molecule has 1 heterocycles. The molecule has 2 atom stereocenters. The van der Waals surface area contributed by atoms with Crippen LogP contribution in [0.1, 0.15) is 60.3 Å². The van der Waals surface area contributed by atoms with Crippen LogP contribution in [0.4, 0.5) is 0 Å². The van der Waals surface area contributed by atoms with E-state index in [-0.39, 0.29) is 22.8 Å². The Balaban J connectivity index is 1.96. The molecule has 2 amide bonds. The van der Waals surface area contributed by atoms with Gasteiger partial charge in [0.1, 0.15) is 0 Å². The molecule has 2 bridgehead atoms. The molecule has 1 saturated carbocycles. The summed E-state index contributed by atoms with van der Waals surface area (Å²) in [4.78, 5) is 26.3. The molecule has 4 heteroatoms. The third-order valence-corrected chi connectivity index (χ3v) is 4.88. The summed E-state index contributed by atoms with van der Waals surface area (Å²) < 4.78 is 0. The fourth-order valence-electron chi connectivity index (χ4n) is 4.38. The van der Waals surface area contributed by atoms with Crippen molar-refractivity contribution in [1.82, 2.24) is 10.2 Å². The Labute approximate surface area is 128 Å². The fraction of sp³-hybridized carbons (Fsp3) is 0.882. The van der Waals surface area contributed by atoms with E-state index in [0.717, 1.165) is 32.2 Å². The average molecular weight is 294 g/mol. The van der Waals surface area contributed by atoms with Crippen molar-refractivity contribution < 1.29 is 9.59 Å². The van der Waals surface area contributed by atoms with E-state index < -0.39 is 5.91 Å². The highest BCUT2D eigenvalue weighted by Gasteiger charge is 2.51. The predicted molar refractivity (Wildman–Crippen MR) is 83.7 cm³/mol. The zero-order valence-corrected chi connectivity index (χ0v) is 14.2. The zero-order valence-electron chi connectivity index (χ0n) is 14.2. The summed E-state index contributed by atoms with van der Waals surface area (Å²) >= 11 is 0. The SMILES string of the molecule is CC(C)CCNC(=O)C(=O)N1CC2(C)CC1CC(C)(C)C2. The second-order valence-electron chi connectivity index (χ2n) is 8.59. The van der Waals surface area contributed by atoms with Crippen LogP contribution in [0, 0.1) is 16.7 Å². The van der Waals surface area contributed by atoms with Crippen molar-refractivity contribution in [3.05, 3.63) is 0 Å². The number of carbonyl (C=O) groups is 2. The van der Waals surface area contributed by atoms with Gasteiger partial charge in [0.25, 0.3) is 0 Å². The van der Waals surface area contributed by atoms with E-state index in [9.17, 15) is 9.59 Å². The highest BCUT2D eigenvalue weighted by Crippen LogP contribution is 2.52. The number of carbonyl (C=O) groups excluding carboxylic acids is 2. The van der Waals surface area contributed by atoms with Crippen LogP contribution in [0.25, 0.3) is 0 Å². The Morgan fingerprint density at radius 1 is 1.24 bits per heavy atom. The van der Waals surface area contributed by atoms with Crippen molar-refractivity contribution in [3.63, 3.8) is 0 Å². The molecular formula is C17H30N2O2. The summed E-state index contributed by atoms with van der Waals surface area (Å²) in [5.74, 6) is -0.221. The quantitative estimate of drug-likeness (QED) is 0.813. The zero-order chi connectivity index (χ0) is 15.8. The van der Waals surface area contributed by atoms with E-state index in [1.165, 1.54) is 0 Å². The molecule has 1 N–H and O–H groups in total. The lowest BCUT2D eigenvalue weighted by molar-refractivity contribution is -0.146. The van der Waals surface area contributed by atoms with Crippen LogP contribution in [0.5, 0.6) is 0 Å². The highest BCUT2D eigenvalue weighted by atomic mass is 16.2. The van der Waals surface area contributed by atoms with Gasteiger partial charge in [0.2, 0.25) is 0 Å². The topological polar surface area (TPSA) is 49.4 Å². The van der Waals surface area contributed by atoms with Gasteiger partial charge in [0, 0.05) is 19.1 Å². The number of hydrogen-bond acceptors (Lipinski definition) is 2. The normalized spacial score (nSPS) is 30.6. The number of nitrogens with one attached hydrogen (secondary N) is 1. The third kappa shape index (κ3) is 3.78. The van der Waals surface area contributed by atoms with Crippen LogP contribution in [-0.4, -0.2) is 35.8 Å². The van der Waals surface area contributed by atoms with E-state index in [1.807, 2.05) is 4.90 Å². The van der Waals surface area contributed by atoms with E-state index >= 15 is 0 Å². The standard InChI is InChI=1S/C17H30N2O2/c1-12(2)6-7-18-14(20)15(21)19-11-17(5)9-13(19)8-16(3,4)10-17/h12-13H,6-11H2,1-5H3,(H,18,20). The molecule has 120 valence electrons. The number of nitrogens with zero attached hydrogens (tertiary/aromatic N) is 1. The summed E-state index contributed by atoms with van der Waals surface area (Å²) in [7, 11) is 0. The molecule has 2 unspecified atom stereocenters. The molecule has 0 aromatic rings. The predicted octanol–water partition coefficient (Wildman–Crippen LogP) is 2.58. The first kappa shape index (κ1) is 16.3. The van der Waals surface area contributed by atoms with Crippen LogP contribution in [0.15, 0.2) is 0 Å². The van der Waals surface area contributed by atoms with E-state index in [0.29, 0.717) is 12.5 Å². The first-order chi connectivity index (χ1) is 9.62. The van der Waals surface area contributed by atoms with Crippen molar-refractivity contribution in [2.75, 3.05) is 13.1 Å². The molecule has 1 aliphatic carbocycles. The fourth-order valence-corrected chi connectivity index (χ4v) is 4.38. The van der Waals surface area contributed by atoms with Crippen LogP contribution < -0.4 is 5.32 Å². The van der Waals surface area contributed by atoms with Crippen molar-refractivity contribution >= 4 is 11.8 Å². The van der Waals surface area contributed by atoms with Crippen LogP contribution >= 0.6 is 0 Å². The second-order valence-corrected chi connectivity index (χ2v) is 8.59. The van der Waals surface area contributed by atoms with Gasteiger partial charge in [-0.15, -0.1) is 0 Å². The molecule has 4 nitrogen and oxygen atoms in total. The minimum absolute atomic E-state index is 0.181. The van der Waals surface area contributed by atoms with Crippen LogP contribution in [0.3, 0.4) is 0 Å². The van der Waals surface area contributed by atoms with Gasteiger partial charge in [-0.25, -0.2) is 0 Å². The van der Waals surface area contributed by atoms with Gasteiger partial charge in [-0.3, -0.25) is 9.59 Å². The lowest BCUT2D eigenvalue weighted by Crippen LogP contribution is -2.46. The largest absolute Gasteiger partial charge is 0.348 e. The summed E-state index contributed by atoms with van der Waals surface area (Å²) in [6.45, 7) is 12.3. The highest BCUT2D eigenvalue weighted by molar-refractivity contribution is 6.35. The summed E-state index contributed by atoms with van der Waals surface area (Å²) in [6, 6.07) is 0.238. The average Bonchev–Trinajstić information content (AvgIpc) is 2.56. The van der Waals surface area contributed by atoms with Gasteiger partial charge in [-0.05, 0) is 42.4 Å². The monoisotopic (exact) mass is 294 g/mol. The molecule has 2 rings (SSSR count). The Kier molecular flexibility index (Phi) is 4.36. The minimum Gasteiger partial charge on any atom is -0.348 e. The van der Waals surface area contributed by atoms with Gasteiger partial charge in [0.05, 0.1) is 0 Å². The lowest BCUT2D eigenvalue weighted by atomic mass is 9.65. The van der Waals surface area contributed by atoms with E-state index in [4.69, 9.17) is 0 Å². The van der Waals surface area contributed by atoms with Crippen LogP contribution in [-0.2, 0) is 9.59 Å². The van der Waals surface area contributed by atoms with E-state index in [1.54, 1.807) is 0 Å². The van der Waals surface area contributed by atoms with Crippen molar-refractivity contribution in [1.29, 1.82) is 0 Å². The summed E-state index contributed by atoms with van der Waals surface area (Å²) in [5.41, 5.74) is 0.446.